The lowest BCUT2D eigenvalue weighted by Gasteiger charge is -2.09. The van der Waals surface area contributed by atoms with Gasteiger partial charge in [-0.3, -0.25) is 10.0 Å². The third kappa shape index (κ3) is 8.25. The van der Waals surface area contributed by atoms with Crippen molar-refractivity contribution in [2.45, 2.75) is 12.6 Å². The first-order valence-corrected chi connectivity index (χ1v) is 6.85. The SMILES string of the molecule is O=C(NSCC(F)(F)F)Nc1cccc(OCCCO)n1. The number of alkyl halides is 3. The lowest BCUT2D eigenvalue weighted by atomic mass is 10.4. The highest BCUT2D eigenvalue weighted by atomic mass is 32.2. The maximum atomic E-state index is 11.9. The molecule has 118 valence electrons. The van der Waals surface area contributed by atoms with Crippen molar-refractivity contribution in [3.63, 3.8) is 0 Å². The van der Waals surface area contributed by atoms with Gasteiger partial charge in [-0.05, 0) is 18.0 Å². The standard InChI is InChI=1S/C11H14F3N3O3S/c12-11(13,14)7-21-17-10(19)16-8-3-1-4-9(15-8)20-6-2-5-18/h1,3-4,18H,2,5-7H2,(H2,15,16,17,19). The number of aliphatic hydroxyl groups is 1. The number of amides is 2. The summed E-state index contributed by atoms with van der Waals surface area (Å²) in [6.45, 7) is 0.247. The number of hydrogen-bond donors (Lipinski definition) is 3. The average molecular weight is 325 g/mol. The molecule has 0 spiro atoms. The minimum Gasteiger partial charge on any atom is -0.478 e. The largest absolute Gasteiger partial charge is 0.478 e. The van der Waals surface area contributed by atoms with Crippen LogP contribution in [-0.4, -0.2) is 41.3 Å². The van der Waals surface area contributed by atoms with E-state index >= 15 is 0 Å². The molecule has 0 aromatic carbocycles. The molecular weight excluding hydrogens is 311 g/mol. The van der Waals surface area contributed by atoms with Gasteiger partial charge >= 0.3 is 12.2 Å². The molecule has 1 aromatic rings. The van der Waals surface area contributed by atoms with Crippen molar-refractivity contribution in [1.29, 1.82) is 0 Å². The van der Waals surface area contributed by atoms with Crippen molar-refractivity contribution in [2.24, 2.45) is 0 Å². The third-order valence-corrected chi connectivity index (χ3v) is 2.72. The lowest BCUT2D eigenvalue weighted by Crippen LogP contribution is -2.26. The van der Waals surface area contributed by atoms with Gasteiger partial charge in [-0.2, -0.15) is 18.2 Å². The van der Waals surface area contributed by atoms with E-state index in [1.54, 1.807) is 12.1 Å². The Morgan fingerprint density at radius 3 is 2.86 bits per heavy atom. The molecule has 3 N–H and O–H groups in total. The van der Waals surface area contributed by atoms with Gasteiger partial charge in [-0.25, -0.2) is 4.79 Å². The Morgan fingerprint density at radius 1 is 1.43 bits per heavy atom. The average Bonchev–Trinajstić information content (AvgIpc) is 2.38. The van der Waals surface area contributed by atoms with Crippen LogP contribution in [0.1, 0.15) is 6.42 Å². The highest BCUT2D eigenvalue weighted by Gasteiger charge is 2.27. The molecule has 0 aliphatic carbocycles. The van der Waals surface area contributed by atoms with Gasteiger partial charge in [0.05, 0.1) is 6.61 Å². The molecule has 6 nitrogen and oxygen atoms in total. The second kappa shape index (κ2) is 8.57. The predicted molar refractivity (Wildman–Crippen MR) is 72.1 cm³/mol. The Kier molecular flexibility index (Phi) is 7.09. The first-order chi connectivity index (χ1) is 9.90. The Bertz CT molecular complexity index is 460. The molecule has 21 heavy (non-hydrogen) atoms. The highest BCUT2D eigenvalue weighted by molar-refractivity contribution is 7.98. The van der Waals surface area contributed by atoms with Crippen LogP contribution in [0.3, 0.4) is 0 Å². The summed E-state index contributed by atoms with van der Waals surface area (Å²) in [6, 6.07) is 3.77. The van der Waals surface area contributed by atoms with E-state index in [9.17, 15) is 18.0 Å². The topological polar surface area (TPSA) is 83.5 Å². The number of rotatable bonds is 7. The van der Waals surface area contributed by atoms with E-state index in [0.717, 1.165) is 0 Å². The van der Waals surface area contributed by atoms with Gasteiger partial charge in [0.25, 0.3) is 0 Å². The molecule has 0 saturated carbocycles. The van der Waals surface area contributed by atoms with Crippen LogP contribution in [0, 0.1) is 0 Å². The monoisotopic (exact) mass is 325 g/mol. The second-order valence-corrected chi connectivity index (χ2v) is 4.53. The zero-order valence-electron chi connectivity index (χ0n) is 10.8. The zero-order chi connectivity index (χ0) is 15.7. The molecular formula is C11H14F3N3O3S. The quantitative estimate of drug-likeness (QED) is 0.529. The number of nitrogens with one attached hydrogen (secondary N) is 2. The summed E-state index contributed by atoms with van der Waals surface area (Å²) in [5, 5.41) is 10.9. The molecule has 0 atom stereocenters. The minimum atomic E-state index is -4.35. The van der Waals surface area contributed by atoms with E-state index < -0.39 is 18.0 Å². The van der Waals surface area contributed by atoms with Crippen LogP contribution in [0.2, 0.25) is 0 Å². The smallest absolute Gasteiger partial charge is 0.399 e. The van der Waals surface area contributed by atoms with Crippen LogP contribution in [0.5, 0.6) is 5.88 Å². The fraction of sp³-hybridized carbons (Fsp3) is 0.455. The van der Waals surface area contributed by atoms with E-state index in [-0.39, 0.29) is 36.9 Å². The number of aromatic nitrogens is 1. The Hall–Kier alpha value is -1.68. The number of nitrogens with zero attached hydrogens (tertiary/aromatic N) is 1. The molecule has 2 amide bonds. The van der Waals surface area contributed by atoms with Gasteiger partial charge in [0.15, 0.2) is 0 Å². The van der Waals surface area contributed by atoms with E-state index in [1.807, 2.05) is 4.72 Å². The normalized spacial score (nSPS) is 11.0. The third-order valence-electron chi connectivity index (χ3n) is 1.92. The molecule has 0 aliphatic heterocycles. The summed E-state index contributed by atoms with van der Waals surface area (Å²) in [4.78, 5) is 15.3. The summed E-state index contributed by atoms with van der Waals surface area (Å²) < 4.78 is 42.9. The number of pyridine rings is 1. The molecule has 1 rings (SSSR count). The van der Waals surface area contributed by atoms with Gasteiger partial charge in [0, 0.05) is 19.1 Å². The molecule has 1 heterocycles. The second-order valence-electron chi connectivity index (χ2n) is 3.75. The molecule has 10 heteroatoms. The van der Waals surface area contributed by atoms with Crippen LogP contribution >= 0.6 is 11.9 Å². The molecule has 0 radical (unpaired) electrons. The van der Waals surface area contributed by atoms with Gasteiger partial charge < -0.3 is 9.84 Å². The van der Waals surface area contributed by atoms with Crippen molar-refractivity contribution < 1.29 is 27.8 Å². The number of carbonyl (C=O) groups excluding carboxylic acids is 1. The predicted octanol–water partition coefficient (Wildman–Crippen LogP) is 2.17. The summed E-state index contributed by atoms with van der Waals surface area (Å²) in [5.41, 5.74) is 0. The van der Waals surface area contributed by atoms with Crippen molar-refractivity contribution in [3.05, 3.63) is 18.2 Å². The van der Waals surface area contributed by atoms with Crippen LogP contribution in [-0.2, 0) is 0 Å². The van der Waals surface area contributed by atoms with Gasteiger partial charge in [0.1, 0.15) is 11.6 Å². The molecule has 0 unspecified atom stereocenters. The van der Waals surface area contributed by atoms with Gasteiger partial charge in [-0.15, -0.1) is 0 Å². The van der Waals surface area contributed by atoms with E-state index in [4.69, 9.17) is 9.84 Å². The van der Waals surface area contributed by atoms with Crippen LogP contribution in [0.15, 0.2) is 18.2 Å². The summed E-state index contributed by atoms with van der Waals surface area (Å²) >= 11 is 0.235. The van der Waals surface area contributed by atoms with Crippen molar-refractivity contribution in [2.75, 3.05) is 24.3 Å². The van der Waals surface area contributed by atoms with Crippen LogP contribution < -0.4 is 14.8 Å². The Labute approximate surface area is 123 Å². The summed E-state index contributed by atoms with van der Waals surface area (Å²) in [6.07, 6.45) is -3.91. The maximum absolute atomic E-state index is 11.9. The number of carbonyl (C=O) groups is 1. The molecule has 0 fully saturated rings. The minimum absolute atomic E-state index is 0.0171. The molecule has 1 aromatic heterocycles. The number of halogens is 3. The maximum Gasteiger partial charge on any atom is 0.399 e. The highest BCUT2D eigenvalue weighted by Crippen LogP contribution is 2.19. The fourth-order valence-corrected chi connectivity index (χ4v) is 1.55. The van der Waals surface area contributed by atoms with Crippen molar-refractivity contribution in [1.82, 2.24) is 9.71 Å². The Balaban J connectivity index is 2.39. The summed E-state index contributed by atoms with van der Waals surface area (Å²) in [7, 11) is 0. The van der Waals surface area contributed by atoms with Crippen LogP contribution in [0.25, 0.3) is 0 Å². The van der Waals surface area contributed by atoms with E-state index in [1.165, 1.54) is 6.07 Å². The van der Waals surface area contributed by atoms with E-state index in [0.29, 0.717) is 6.42 Å². The lowest BCUT2D eigenvalue weighted by molar-refractivity contribution is -0.105. The number of anilines is 1. The van der Waals surface area contributed by atoms with Gasteiger partial charge in [-0.1, -0.05) is 6.07 Å². The molecule has 0 saturated heterocycles. The number of aliphatic hydroxyl groups excluding tert-OH is 1. The first kappa shape index (κ1) is 17.4. The van der Waals surface area contributed by atoms with Crippen LogP contribution in [0.4, 0.5) is 23.8 Å². The first-order valence-electron chi connectivity index (χ1n) is 5.87. The van der Waals surface area contributed by atoms with Crippen molar-refractivity contribution >= 4 is 23.8 Å². The zero-order valence-corrected chi connectivity index (χ0v) is 11.6. The number of ether oxygens (including phenoxy) is 1. The summed E-state index contributed by atoms with van der Waals surface area (Å²) in [5.74, 6) is -0.802. The van der Waals surface area contributed by atoms with E-state index in [2.05, 4.69) is 10.3 Å². The van der Waals surface area contributed by atoms with Crippen molar-refractivity contribution in [3.8, 4) is 5.88 Å². The number of hydrogen-bond acceptors (Lipinski definition) is 5. The molecule has 0 aliphatic rings. The fourth-order valence-electron chi connectivity index (χ4n) is 1.13. The Morgan fingerprint density at radius 2 is 2.19 bits per heavy atom. The number of urea groups is 1. The van der Waals surface area contributed by atoms with Gasteiger partial charge in [0.2, 0.25) is 5.88 Å². The molecule has 0 bridgehead atoms.